The second-order valence-electron chi connectivity index (χ2n) is 2.74. The fourth-order valence-corrected chi connectivity index (χ4v) is 1.19. The summed E-state index contributed by atoms with van der Waals surface area (Å²) in [5, 5.41) is 8.89. The molecule has 0 aliphatic carbocycles. The topological polar surface area (TPSA) is 59.4 Å². The number of carbonyl (C=O) groups is 1. The molecule has 0 bridgehead atoms. The molecule has 0 radical (unpaired) electrons. The van der Waals surface area contributed by atoms with Crippen molar-refractivity contribution >= 4 is 5.97 Å². The van der Waals surface area contributed by atoms with E-state index in [1.54, 1.807) is 13.8 Å². The summed E-state index contributed by atoms with van der Waals surface area (Å²) in [4.78, 5) is 14.9. The second kappa shape index (κ2) is 3.43. The molecule has 1 aromatic heterocycles. The van der Waals surface area contributed by atoms with Gasteiger partial charge in [-0.25, -0.2) is 4.79 Å². The third-order valence-corrected chi connectivity index (χ3v) is 1.82. The van der Waals surface area contributed by atoms with Crippen molar-refractivity contribution < 1.29 is 14.6 Å². The highest BCUT2D eigenvalue weighted by atomic mass is 16.5. The van der Waals surface area contributed by atoms with Crippen LogP contribution in [0.5, 0.6) is 5.75 Å². The maximum absolute atomic E-state index is 10.8. The molecule has 0 saturated carbocycles. The highest BCUT2D eigenvalue weighted by Gasteiger charge is 2.16. The van der Waals surface area contributed by atoms with Crippen molar-refractivity contribution in [2.45, 2.75) is 13.8 Å². The van der Waals surface area contributed by atoms with E-state index in [1.165, 1.54) is 13.3 Å². The molecule has 0 amide bonds. The zero-order valence-corrected chi connectivity index (χ0v) is 7.79. The van der Waals surface area contributed by atoms with Crippen molar-refractivity contribution in [2.75, 3.05) is 7.11 Å². The number of pyridine rings is 1. The van der Waals surface area contributed by atoms with Gasteiger partial charge in [0, 0.05) is 6.20 Å². The minimum Gasteiger partial charge on any atom is -0.494 e. The van der Waals surface area contributed by atoms with Gasteiger partial charge in [0.15, 0.2) is 5.75 Å². The summed E-state index contributed by atoms with van der Waals surface area (Å²) in [5.74, 6) is -0.646. The van der Waals surface area contributed by atoms with E-state index in [1.807, 2.05) is 0 Å². The molecular formula is C9H11NO3. The molecule has 0 aliphatic heterocycles. The van der Waals surface area contributed by atoms with Crippen LogP contribution in [0.1, 0.15) is 21.6 Å². The summed E-state index contributed by atoms with van der Waals surface area (Å²) in [7, 11) is 1.44. The SMILES string of the molecule is COc1c(C)ncc(C)c1C(=O)O. The van der Waals surface area contributed by atoms with Crippen LogP contribution in [0.4, 0.5) is 0 Å². The molecule has 1 heterocycles. The van der Waals surface area contributed by atoms with Crippen molar-refractivity contribution in [2.24, 2.45) is 0 Å². The van der Waals surface area contributed by atoms with E-state index in [9.17, 15) is 4.79 Å². The maximum atomic E-state index is 10.8. The number of carboxylic acid groups (broad SMARTS) is 1. The average molecular weight is 181 g/mol. The van der Waals surface area contributed by atoms with Crippen LogP contribution in [0.25, 0.3) is 0 Å². The summed E-state index contributed by atoms with van der Waals surface area (Å²) in [5.41, 5.74) is 1.38. The van der Waals surface area contributed by atoms with E-state index in [0.29, 0.717) is 17.0 Å². The van der Waals surface area contributed by atoms with Crippen LogP contribution in [-0.2, 0) is 0 Å². The number of methoxy groups -OCH3 is 1. The summed E-state index contributed by atoms with van der Waals surface area (Å²) >= 11 is 0. The van der Waals surface area contributed by atoms with Crippen LogP contribution in [0.15, 0.2) is 6.20 Å². The van der Waals surface area contributed by atoms with Gasteiger partial charge in [0.25, 0.3) is 0 Å². The maximum Gasteiger partial charge on any atom is 0.339 e. The second-order valence-corrected chi connectivity index (χ2v) is 2.74. The zero-order chi connectivity index (χ0) is 10.0. The van der Waals surface area contributed by atoms with Crippen molar-refractivity contribution in [1.82, 2.24) is 4.98 Å². The highest BCUT2D eigenvalue weighted by molar-refractivity contribution is 5.92. The lowest BCUT2D eigenvalue weighted by molar-refractivity contribution is 0.0692. The highest BCUT2D eigenvalue weighted by Crippen LogP contribution is 2.23. The number of nitrogens with zero attached hydrogens (tertiary/aromatic N) is 1. The van der Waals surface area contributed by atoms with Crippen molar-refractivity contribution in [3.8, 4) is 5.75 Å². The molecular weight excluding hydrogens is 170 g/mol. The standard InChI is InChI=1S/C9H11NO3/c1-5-4-10-6(2)8(13-3)7(5)9(11)12/h4H,1-3H3,(H,11,12). The molecule has 0 atom stereocenters. The Labute approximate surface area is 76.2 Å². The number of aromatic carboxylic acids is 1. The number of hydrogen-bond acceptors (Lipinski definition) is 3. The lowest BCUT2D eigenvalue weighted by Crippen LogP contribution is -2.06. The largest absolute Gasteiger partial charge is 0.494 e. The van der Waals surface area contributed by atoms with E-state index in [2.05, 4.69) is 4.98 Å². The van der Waals surface area contributed by atoms with Gasteiger partial charge in [-0.3, -0.25) is 4.98 Å². The number of ether oxygens (including phenoxy) is 1. The minimum atomic E-state index is -0.986. The minimum absolute atomic E-state index is 0.190. The van der Waals surface area contributed by atoms with Gasteiger partial charge >= 0.3 is 5.97 Å². The first kappa shape index (κ1) is 9.51. The van der Waals surface area contributed by atoms with E-state index in [-0.39, 0.29) is 5.56 Å². The molecule has 1 rings (SSSR count). The van der Waals surface area contributed by atoms with Gasteiger partial charge in [-0.05, 0) is 19.4 Å². The zero-order valence-electron chi connectivity index (χ0n) is 7.79. The molecule has 1 aromatic rings. The lowest BCUT2D eigenvalue weighted by Gasteiger charge is -2.09. The van der Waals surface area contributed by atoms with Gasteiger partial charge in [-0.2, -0.15) is 0 Å². The third-order valence-electron chi connectivity index (χ3n) is 1.82. The fourth-order valence-electron chi connectivity index (χ4n) is 1.19. The Kier molecular flexibility index (Phi) is 2.51. The first-order valence-corrected chi connectivity index (χ1v) is 3.81. The molecule has 0 unspecified atom stereocenters. The number of carboxylic acids is 1. The van der Waals surface area contributed by atoms with Gasteiger partial charge in [-0.1, -0.05) is 0 Å². The van der Waals surface area contributed by atoms with Crippen LogP contribution in [0.3, 0.4) is 0 Å². The first-order chi connectivity index (χ1) is 6.07. The van der Waals surface area contributed by atoms with Gasteiger partial charge in [0.05, 0.1) is 12.8 Å². The molecule has 1 N–H and O–H groups in total. The van der Waals surface area contributed by atoms with E-state index < -0.39 is 5.97 Å². The Morgan fingerprint density at radius 3 is 2.54 bits per heavy atom. The summed E-state index contributed by atoms with van der Waals surface area (Å²) in [6.07, 6.45) is 1.53. The van der Waals surface area contributed by atoms with E-state index in [0.717, 1.165) is 0 Å². The van der Waals surface area contributed by atoms with Crippen molar-refractivity contribution in [3.05, 3.63) is 23.0 Å². The Balaban J connectivity index is 3.43. The number of rotatable bonds is 2. The average Bonchev–Trinajstić information content (AvgIpc) is 2.07. The Hall–Kier alpha value is -1.58. The molecule has 70 valence electrons. The van der Waals surface area contributed by atoms with Crippen molar-refractivity contribution in [3.63, 3.8) is 0 Å². The quantitative estimate of drug-likeness (QED) is 0.749. The molecule has 4 nitrogen and oxygen atoms in total. The summed E-state index contributed by atoms with van der Waals surface area (Å²) in [6.45, 7) is 3.41. The summed E-state index contributed by atoms with van der Waals surface area (Å²) < 4.78 is 4.97. The Morgan fingerprint density at radius 2 is 2.15 bits per heavy atom. The van der Waals surface area contributed by atoms with Gasteiger partial charge in [0.2, 0.25) is 0 Å². The van der Waals surface area contributed by atoms with Crippen LogP contribution in [-0.4, -0.2) is 23.2 Å². The van der Waals surface area contributed by atoms with Crippen LogP contribution in [0, 0.1) is 13.8 Å². The predicted molar refractivity (Wildman–Crippen MR) is 47.2 cm³/mol. The van der Waals surface area contributed by atoms with E-state index >= 15 is 0 Å². The van der Waals surface area contributed by atoms with Crippen LogP contribution >= 0.6 is 0 Å². The predicted octanol–water partition coefficient (Wildman–Crippen LogP) is 1.41. The molecule has 4 heteroatoms. The summed E-state index contributed by atoms with van der Waals surface area (Å²) in [6, 6.07) is 0. The first-order valence-electron chi connectivity index (χ1n) is 3.81. The van der Waals surface area contributed by atoms with Gasteiger partial charge in [-0.15, -0.1) is 0 Å². The number of hydrogen-bond donors (Lipinski definition) is 1. The Bertz CT molecular complexity index is 347. The smallest absolute Gasteiger partial charge is 0.339 e. The van der Waals surface area contributed by atoms with E-state index in [4.69, 9.17) is 9.84 Å². The van der Waals surface area contributed by atoms with Crippen LogP contribution in [0.2, 0.25) is 0 Å². The fraction of sp³-hybridized carbons (Fsp3) is 0.333. The normalized spacial score (nSPS) is 9.77. The molecule has 0 aromatic carbocycles. The van der Waals surface area contributed by atoms with Gasteiger partial charge < -0.3 is 9.84 Å². The molecule has 13 heavy (non-hydrogen) atoms. The molecule has 0 saturated heterocycles. The van der Waals surface area contributed by atoms with Crippen LogP contribution < -0.4 is 4.74 Å². The van der Waals surface area contributed by atoms with Crippen molar-refractivity contribution in [1.29, 1.82) is 0 Å². The third kappa shape index (κ3) is 1.61. The molecule has 0 spiro atoms. The number of aromatic nitrogens is 1. The molecule has 0 aliphatic rings. The number of aryl methyl sites for hydroxylation is 2. The monoisotopic (exact) mass is 181 g/mol. The lowest BCUT2D eigenvalue weighted by atomic mass is 10.1. The Morgan fingerprint density at radius 1 is 1.54 bits per heavy atom. The molecule has 0 fully saturated rings. The van der Waals surface area contributed by atoms with Gasteiger partial charge in [0.1, 0.15) is 5.56 Å².